The van der Waals surface area contributed by atoms with Gasteiger partial charge in [-0.05, 0) is 115 Å². The molecule has 0 aromatic heterocycles. The molecule has 3 aromatic carbocycles. The van der Waals surface area contributed by atoms with Crippen molar-refractivity contribution in [3.05, 3.63) is 88.5 Å². The summed E-state index contributed by atoms with van der Waals surface area (Å²) in [7, 11) is 0. The number of amides is 2. The van der Waals surface area contributed by atoms with Gasteiger partial charge in [-0.15, -0.1) is 0 Å². The highest BCUT2D eigenvalue weighted by Crippen LogP contribution is 2.29. The molecule has 1 aliphatic heterocycles. The van der Waals surface area contributed by atoms with Crippen LogP contribution in [0.15, 0.2) is 65.7 Å². The quantitative estimate of drug-likeness (QED) is 0.308. The molecule has 228 valence electrons. The minimum Gasteiger partial charge on any atom is -0.443 e. The van der Waals surface area contributed by atoms with Gasteiger partial charge in [-0.2, -0.15) is 0 Å². The van der Waals surface area contributed by atoms with Crippen molar-refractivity contribution in [3.8, 4) is 11.1 Å². The van der Waals surface area contributed by atoms with E-state index >= 15 is 0 Å². The smallest absolute Gasteiger partial charge is 0.417 e. The highest BCUT2D eigenvalue weighted by Gasteiger charge is 2.37. The number of hydrogen-bond acceptors (Lipinski definition) is 5. The highest BCUT2D eigenvalue weighted by molar-refractivity contribution is 6.03. The number of aryl methyl sites for hydroxylation is 3. The highest BCUT2D eigenvalue weighted by atomic mass is 16.6. The summed E-state index contributed by atoms with van der Waals surface area (Å²) in [6.07, 6.45) is 0.269. The number of guanidine groups is 1. The third kappa shape index (κ3) is 8.46. The van der Waals surface area contributed by atoms with Gasteiger partial charge in [-0.3, -0.25) is 0 Å². The molecule has 0 saturated carbocycles. The minimum absolute atomic E-state index is 0.218. The maximum Gasteiger partial charge on any atom is 0.417 e. The molecule has 1 aliphatic rings. The number of carbonyl (C=O) groups excluding carboxylic acids is 2. The molecule has 7 nitrogen and oxygen atoms in total. The Balaban J connectivity index is 1.68. The fourth-order valence-corrected chi connectivity index (χ4v) is 4.94. The molecule has 0 N–H and O–H groups in total. The van der Waals surface area contributed by atoms with Crippen molar-refractivity contribution in [2.75, 3.05) is 13.1 Å². The molecular weight excluding hydrogens is 538 g/mol. The van der Waals surface area contributed by atoms with Gasteiger partial charge >= 0.3 is 12.2 Å². The van der Waals surface area contributed by atoms with Crippen molar-refractivity contribution in [1.82, 2.24) is 9.80 Å². The first-order valence-corrected chi connectivity index (χ1v) is 15.0. The molecule has 0 aliphatic carbocycles. The van der Waals surface area contributed by atoms with Gasteiger partial charge in [-0.1, -0.05) is 60.2 Å². The lowest BCUT2D eigenvalue weighted by Gasteiger charge is -2.37. The van der Waals surface area contributed by atoms with Gasteiger partial charge in [0, 0.05) is 13.1 Å². The number of rotatable bonds is 4. The van der Waals surface area contributed by atoms with E-state index in [1.54, 1.807) is 0 Å². The van der Waals surface area contributed by atoms with Crippen LogP contribution in [0.4, 0.5) is 15.3 Å². The zero-order chi connectivity index (χ0) is 31.5. The van der Waals surface area contributed by atoms with Gasteiger partial charge < -0.3 is 9.47 Å². The van der Waals surface area contributed by atoms with Crippen LogP contribution in [0, 0.1) is 20.8 Å². The minimum atomic E-state index is -0.693. The van der Waals surface area contributed by atoms with Crippen molar-refractivity contribution in [2.24, 2.45) is 4.99 Å². The summed E-state index contributed by atoms with van der Waals surface area (Å²) in [5.41, 5.74) is 7.37. The second-order valence-electron chi connectivity index (χ2n) is 13.3. The topological polar surface area (TPSA) is 71.4 Å². The van der Waals surface area contributed by atoms with E-state index < -0.39 is 23.4 Å². The SMILES string of the molecule is Cc1ccc(-c2cccc(Cc3cc(C)c(N=C4N(C(=O)OC(C)(C)C)CCCN4C(=O)OC(C)(C)C)cc3C)c2)cc1. The Labute approximate surface area is 256 Å². The predicted molar refractivity (Wildman–Crippen MR) is 173 cm³/mol. The summed E-state index contributed by atoms with van der Waals surface area (Å²) in [4.78, 5) is 34.3. The Morgan fingerprint density at radius 3 is 1.88 bits per heavy atom. The molecule has 3 aromatic rings. The molecule has 0 bridgehead atoms. The molecule has 1 saturated heterocycles. The molecule has 1 heterocycles. The van der Waals surface area contributed by atoms with Crippen molar-refractivity contribution in [1.29, 1.82) is 0 Å². The number of nitrogens with zero attached hydrogens (tertiary/aromatic N) is 3. The molecule has 4 rings (SSSR count). The van der Waals surface area contributed by atoms with Crippen LogP contribution in [0.2, 0.25) is 0 Å². The van der Waals surface area contributed by atoms with Crippen molar-refractivity contribution >= 4 is 23.8 Å². The zero-order valence-electron chi connectivity index (χ0n) is 27.1. The summed E-state index contributed by atoms with van der Waals surface area (Å²) in [5.74, 6) is 0.218. The fraction of sp³-hybridized carbons (Fsp3) is 0.417. The van der Waals surface area contributed by atoms with Crippen molar-refractivity contribution < 1.29 is 19.1 Å². The van der Waals surface area contributed by atoms with Crippen molar-refractivity contribution in [3.63, 3.8) is 0 Å². The van der Waals surface area contributed by atoms with Crippen LogP contribution < -0.4 is 0 Å². The summed E-state index contributed by atoms with van der Waals surface area (Å²) < 4.78 is 11.4. The molecule has 43 heavy (non-hydrogen) atoms. The van der Waals surface area contributed by atoms with E-state index in [1.807, 2.05) is 54.5 Å². The largest absolute Gasteiger partial charge is 0.443 e. The van der Waals surface area contributed by atoms with Crippen LogP contribution >= 0.6 is 0 Å². The number of carbonyl (C=O) groups is 2. The maximum atomic E-state index is 13.3. The van der Waals surface area contributed by atoms with Gasteiger partial charge in [0.05, 0.1) is 5.69 Å². The Kier molecular flexibility index (Phi) is 9.33. The summed E-state index contributed by atoms with van der Waals surface area (Å²) in [6.45, 7) is 17.9. The zero-order valence-corrected chi connectivity index (χ0v) is 27.1. The van der Waals surface area contributed by atoms with E-state index in [0.717, 1.165) is 17.5 Å². The molecule has 0 spiro atoms. The lowest BCUT2D eigenvalue weighted by Crippen LogP contribution is -2.56. The first-order valence-electron chi connectivity index (χ1n) is 15.0. The Bertz CT molecular complexity index is 1470. The van der Waals surface area contributed by atoms with E-state index in [9.17, 15) is 9.59 Å². The molecular formula is C36H45N3O4. The lowest BCUT2D eigenvalue weighted by molar-refractivity contribution is 0.0225. The third-order valence-corrected chi connectivity index (χ3v) is 7.06. The monoisotopic (exact) mass is 583 g/mol. The van der Waals surface area contributed by atoms with Gasteiger partial charge in [0.15, 0.2) is 0 Å². The predicted octanol–water partition coefficient (Wildman–Crippen LogP) is 8.74. The summed E-state index contributed by atoms with van der Waals surface area (Å²) in [6, 6.07) is 21.4. The Hall–Kier alpha value is -4.13. The molecule has 0 unspecified atom stereocenters. The van der Waals surface area contributed by atoms with Gasteiger partial charge in [0.25, 0.3) is 0 Å². The summed E-state index contributed by atoms with van der Waals surface area (Å²) in [5, 5.41) is 0. The maximum absolute atomic E-state index is 13.3. The number of aliphatic imine (C=N–C) groups is 1. The van der Waals surface area contributed by atoms with E-state index in [2.05, 4.69) is 68.4 Å². The standard InChI is InChI=1S/C36H45N3O4/c1-24-14-16-28(17-15-24)29-13-10-12-27(22-29)23-30-20-26(3)31(21-25(30)2)37-32-38(33(40)42-35(4,5)6)18-11-19-39(32)34(41)43-36(7,8)9/h10,12-17,20-22H,11,18-19,23H2,1-9H3. The van der Waals surface area contributed by atoms with Crippen LogP contribution in [0.3, 0.4) is 0 Å². The molecule has 0 radical (unpaired) electrons. The van der Waals surface area contributed by atoms with Gasteiger partial charge in [-0.25, -0.2) is 24.4 Å². The van der Waals surface area contributed by atoms with Crippen LogP contribution in [-0.2, 0) is 15.9 Å². The number of ether oxygens (including phenoxy) is 2. The van der Waals surface area contributed by atoms with E-state index in [4.69, 9.17) is 14.5 Å². The average Bonchev–Trinajstić information content (AvgIpc) is 2.90. The average molecular weight is 584 g/mol. The first-order chi connectivity index (χ1) is 20.1. The fourth-order valence-electron chi connectivity index (χ4n) is 4.94. The molecule has 0 atom stereocenters. The van der Waals surface area contributed by atoms with Crippen LogP contribution in [0.1, 0.15) is 75.8 Å². The van der Waals surface area contributed by atoms with Gasteiger partial charge in [0.1, 0.15) is 11.2 Å². The van der Waals surface area contributed by atoms with Crippen LogP contribution in [0.25, 0.3) is 11.1 Å². The van der Waals surface area contributed by atoms with Crippen LogP contribution in [0.5, 0.6) is 0 Å². The molecule has 1 fully saturated rings. The van der Waals surface area contributed by atoms with Crippen LogP contribution in [-0.4, -0.2) is 52.2 Å². The van der Waals surface area contributed by atoms with Crippen molar-refractivity contribution in [2.45, 2.75) is 86.4 Å². The van der Waals surface area contributed by atoms with E-state index in [0.29, 0.717) is 25.2 Å². The Morgan fingerprint density at radius 2 is 1.33 bits per heavy atom. The first kappa shape index (κ1) is 31.8. The molecule has 2 amide bonds. The number of benzene rings is 3. The van der Waals surface area contributed by atoms with E-state index in [1.165, 1.54) is 37.6 Å². The van der Waals surface area contributed by atoms with Gasteiger partial charge in [0.2, 0.25) is 5.96 Å². The van der Waals surface area contributed by atoms with E-state index in [-0.39, 0.29) is 5.96 Å². The third-order valence-electron chi connectivity index (χ3n) is 7.06. The normalized spacial score (nSPS) is 14.0. The lowest BCUT2D eigenvalue weighted by atomic mass is 9.95. The Morgan fingerprint density at radius 1 is 0.744 bits per heavy atom. The summed E-state index contributed by atoms with van der Waals surface area (Å²) >= 11 is 0. The molecule has 7 heteroatoms. The second kappa shape index (κ2) is 12.6. The second-order valence-corrected chi connectivity index (χ2v) is 13.3. The number of hydrogen-bond donors (Lipinski definition) is 0.